The maximum atomic E-state index is 14.1. The van der Waals surface area contributed by atoms with Gasteiger partial charge in [0.25, 0.3) is 0 Å². The molecule has 4 amide bonds. The smallest absolute Gasteiger partial charge is 0.429 e. The van der Waals surface area contributed by atoms with Crippen LogP contribution in [0, 0.1) is 0 Å². The van der Waals surface area contributed by atoms with E-state index in [4.69, 9.17) is 23.9 Å². The van der Waals surface area contributed by atoms with Gasteiger partial charge in [-0.2, -0.15) is 0 Å². The first kappa shape index (κ1) is 43.5. The van der Waals surface area contributed by atoms with Gasteiger partial charge in [-0.15, -0.1) is 0 Å². The van der Waals surface area contributed by atoms with Crippen LogP contribution >= 0.6 is 0 Å². The monoisotopic (exact) mass is 872 g/mol. The van der Waals surface area contributed by atoms with Crippen molar-refractivity contribution in [3.05, 3.63) is 210 Å². The molecule has 0 unspecified atom stereocenters. The van der Waals surface area contributed by atoms with Crippen LogP contribution < -0.4 is 10.9 Å². The van der Waals surface area contributed by atoms with Gasteiger partial charge in [-0.05, 0) is 46.2 Å². The highest BCUT2D eigenvalue weighted by Gasteiger charge is 2.41. The molecule has 0 radical (unpaired) electrons. The lowest BCUT2D eigenvalue weighted by Gasteiger charge is -2.35. The minimum Gasteiger partial charge on any atom is -0.443 e. The maximum Gasteiger partial charge on any atom is 0.429 e. The Kier molecular flexibility index (Phi) is 14.3. The van der Waals surface area contributed by atoms with E-state index in [2.05, 4.69) is 15.8 Å². The molecular weight excluding hydrogens is 825 g/mol. The first-order valence-electron chi connectivity index (χ1n) is 21.3. The van der Waals surface area contributed by atoms with E-state index < -0.39 is 48.3 Å². The van der Waals surface area contributed by atoms with Crippen LogP contribution in [0.15, 0.2) is 176 Å². The van der Waals surface area contributed by atoms with E-state index in [1.807, 2.05) is 164 Å². The molecule has 65 heavy (non-hydrogen) atoms. The predicted octanol–water partition coefficient (Wildman–Crippen LogP) is 9.86. The Hall–Kier alpha value is -8.13. The quantitative estimate of drug-likeness (QED) is 0.0582. The number of hydrogen-bond donors (Lipinski definition) is 3. The van der Waals surface area contributed by atoms with Gasteiger partial charge in [-0.25, -0.2) is 45.0 Å². The molecule has 5 aromatic carbocycles. The molecule has 6 aromatic rings. The zero-order valence-electron chi connectivity index (χ0n) is 35.4. The van der Waals surface area contributed by atoms with Crippen molar-refractivity contribution in [3.63, 3.8) is 0 Å². The van der Waals surface area contributed by atoms with Crippen LogP contribution in [0.25, 0.3) is 11.4 Å². The van der Waals surface area contributed by atoms with E-state index in [0.717, 1.165) is 33.4 Å². The van der Waals surface area contributed by atoms with Crippen molar-refractivity contribution in [2.24, 2.45) is 0 Å². The number of carbonyl (C=O) groups is 4. The Bertz CT molecular complexity index is 2420. The van der Waals surface area contributed by atoms with Crippen molar-refractivity contribution < 1.29 is 38.1 Å². The van der Waals surface area contributed by atoms with Crippen molar-refractivity contribution in [1.82, 2.24) is 30.8 Å². The van der Waals surface area contributed by atoms with Crippen molar-refractivity contribution in [2.75, 3.05) is 0 Å². The molecule has 330 valence electrons. The number of aromatic amines is 1. The fourth-order valence-corrected chi connectivity index (χ4v) is 8.07. The minimum atomic E-state index is -0.829. The van der Waals surface area contributed by atoms with Gasteiger partial charge in [0, 0.05) is 29.8 Å². The van der Waals surface area contributed by atoms with Gasteiger partial charge < -0.3 is 23.9 Å². The summed E-state index contributed by atoms with van der Waals surface area (Å²) in [7, 11) is 0. The summed E-state index contributed by atoms with van der Waals surface area (Å²) in [5.74, 6) is -0.443. The van der Waals surface area contributed by atoms with Crippen LogP contribution in [0.4, 0.5) is 19.2 Å². The number of hydrazine groups is 2. The molecule has 0 fully saturated rings. The number of ether oxygens (including phenoxy) is 4. The first-order valence-corrected chi connectivity index (χ1v) is 21.3. The SMILES string of the molecule is O=C(NN(C(=O)OCc1ccccc1)[C@@H]1CC=C[C@H]1c1cccc([C@H]2C=CC[C@@H]2N(NC(=O)OCc2ccccc2)C(=O)OCc2ccccc2)c1-c1ncc[nH]1)OCc1ccccc1. The maximum absolute atomic E-state index is 14.1. The molecule has 2 aliphatic carbocycles. The number of H-pyrrole nitrogens is 1. The zero-order valence-corrected chi connectivity index (χ0v) is 35.4. The summed E-state index contributed by atoms with van der Waals surface area (Å²) in [4.78, 5) is 63.1. The summed E-state index contributed by atoms with van der Waals surface area (Å²) in [6.45, 7) is -0.0725. The lowest BCUT2D eigenvalue weighted by Crippen LogP contribution is -2.53. The number of rotatable bonds is 13. The van der Waals surface area contributed by atoms with E-state index in [9.17, 15) is 19.2 Å². The molecule has 0 saturated heterocycles. The molecular formula is C51H48N6O8. The molecule has 0 bridgehead atoms. The summed E-state index contributed by atoms with van der Waals surface area (Å²) in [5.41, 5.74) is 10.8. The van der Waals surface area contributed by atoms with Crippen LogP contribution in [0.2, 0.25) is 0 Å². The summed E-state index contributed by atoms with van der Waals surface area (Å²) in [6.07, 6.45) is 8.79. The summed E-state index contributed by atoms with van der Waals surface area (Å²) in [5, 5.41) is 2.40. The standard InChI is InChI=1S/C51H48N6O8/c58-48(62-32-36-16-5-1-6-17-36)54-56(50(60)64-34-38-20-9-3-10-21-38)44-28-14-24-40(44)42-26-13-27-43(46(42)47-52-30-31-53-47)41-25-15-29-45(41)57(51(61)65-35-39-22-11-4-12-23-39)55-49(59)63-33-37-18-7-2-8-19-37/h1-27,30-31,40-41,44-45H,28-29,32-35H2,(H,52,53)(H,54,58)(H,55,59)/t40-,41+,44+,45-. The molecule has 2 aliphatic rings. The largest absolute Gasteiger partial charge is 0.443 e. The summed E-state index contributed by atoms with van der Waals surface area (Å²) >= 11 is 0. The van der Waals surface area contributed by atoms with Gasteiger partial charge in [-0.3, -0.25) is 0 Å². The first-order chi connectivity index (χ1) is 31.9. The van der Waals surface area contributed by atoms with E-state index >= 15 is 0 Å². The molecule has 1 aromatic heterocycles. The van der Waals surface area contributed by atoms with Crippen LogP contribution in [-0.2, 0) is 45.4 Å². The van der Waals surface area contributed by atoms with E-state index in [-0.39, 0.29) is 26.4 Å². The second-order valence-corrected chi connectivity index (χ2v) is 15.4. The number of amides is 4. The second-order valence-electron chi connectivity index (χ2n) is 15.4. The molecule has 0 aliphatic heterocycles. The third-order valence-corrected chi connectivity index (χ3v) is 11.2. The Labute approximate surface area is 376 Å². The molecule has 14 heteroatoms. The molecule has 0 saturated carbocycles. The highest BCUT2D eigenvalue weighted by Crippen LogP contribution is 2.44. The molecule has 14 nitrogen and oxygen atoms in total. The number of benzene rings is 5. The number of nitrogens with zero attached hydrogens (tertiary/aromatic N) is 3. The Morgan fingerprint density at radius 3 is 1.28 bits per heavy atom. The molecule has 0 spiro atoms. The average molecular weight is 873 g/mol. The number of hydrogen-bond acceptors (Lipinski definition) is 9. The highest BCUT2D eigenvalue weighted by molar-refractivity contribution is 5.77. The summed E-state index contributed by atoms with van der Waals surface area (Å²) < 4.78 is 22.8. The molecule has 1 heterocycles. The normalized spacial score (nSPS) is 17.2. The second kappa shape index (κ2) is 21.3. The highest BCUT2D eigenvalue weighted by atomic mass is 16.6. The topological polar surface area (TPSA) is 164 Å². The van der Waals surface area contributed by atoms with Gasteiger partial charge in [0.2, 0.25) is 0 Å². The van der Waals surface area contributed by atoms with Crippen LogP contribution in [0.5, 0.6) is 0 Å². The number of imidazole rings is 1. The van der Waals surface area contributed by atoms with Gasteiger partial charge in [0.15, 0.2) is 0 Å². The fourth-order valence-electron chi connectivity index (χ4n) is 8.07. The zero-order chi connectivity index (χ0) is 44.8. The Morgan fingerprint density at radius 2 is 0.908 bits per heavy atom. The van der Waals surface area contributed by atoms with Crippen molar-refractivity contribution >= 4 is 24.4 Å². The predicted molar refractivity (Wildman–Crippen MR) is 241 cm³/mol. The van der Waals surface area contributed by atoms with Crippen molar-refractivity contribution in [2.45, 2.75) is 63.2 Å². The van der Waals surface area contributed by atoms with E-state index in [0.29, 0.717) is 24.2 Å². The number of aromatic nitrogens is 2. The third kappa shape index (κ3) is 11.1. The number of carbonyl (C=O) groups excluding carboxylic acids is 4. The molecule has 8 rings (SSSR count). The van der Waals surface area contributed by atoms with Crippen molar-refractivity contribution in [1.29, 1.82) is 0 Å². The van der Waals surface area contributed by atoms with Gasteiger partial charge >= 0.3 is 24.4 Å². The van der Waals surface area contributed by atoms with Crippen LogP contribution in [0.1, 0.15) is 58.1 Å². The van der Waals surface area contributed by atoms with Gasteiger partial charge in [0.1, 0.15) is 32.3 Å². The summed E-state index contributed by atoms with van der Waals surface area (Å²) in [6, 6.07) is 41.5. The van der Waals surface area contributed by atoms with Crippen molar-refractivity contribution in [3.8, 4) is 11.4 Å². The van der Waals surface area contributed by atoms with Crippen LogP contribution in [-0.4, -0.2) is 56.4 Å². The number of nitrogens with one attached hydrogen (secondary N) is 3. The molecule has 4 atom stereocenters. The lowest BCUT2D eigenvalue weighted by atomic mass is 9.82. The fraction of sp³-hybridized carbons (Fsp3) is 0.196. The van der Waals surface area contributed by atoms with E-state index in [1.165, 1.54) is 10.0 Å². The van der Waals surface area contributed by atoms with Gasteiger partial charge in [0.05, 0.1) is 12.1 Å². The lowest BCUT2D eigenvalue weighted by molar-refractivity contribution is 0.0452. The van der Waals surface area contributed by atoms with Crippen LogP contribution in [0.3, 0.4) is 0 Å². The minimum absolute atomic E-state index is 0.0108. The van der Waals surface area contributed by atoms with E-state index in [1.54, 1.807) is 12.4 Å². The Morgan fingerprint density at radius 1 is 0.523 bits per heavy atom. The average Bonchev–Trinajstić information content (AvgIpc) is 4.17. The Balaban J connectivity index is 1.10. The molecule has 3 N–H and O–H groups in total. The third-order valence-electron chi connectivity index (χ3n) is 11.2. The van der Waals surface area contributed by atoms with Gasteiger partial charge in [-0.1, -0.05) is 164 Å².